The SMILES string of the molecule is CN(C)c1c(Cl)cccc1NC(=O)c1cnc(Cl)cn1. The van der Waals surface area contributed by atoms with E-state index in [0.717, 1.165) is 5.69 Å². The van der Waals surface area contributed by atoms with Crippen molar-refractivity contribution >= 4 is 40.5 Å². The van der Waals surface area contributed by atoms with Crippen LogP contribution in [0.25, 0.3) is 0 Å². The Bertz CT molecular complexity index is 629. The van der Waals surface area contributed by atoms with Crippen LogP contribution in [0.1, 0.15) is 10.5 Å². The van der Waals surface area contributed by atoms with E-state index in [1.165, 1.54) is 12.4 Å². The summed E-state index contributed by atoms with van der Waals surface area (Å²) in [6.07, 6.45) is 2.64. The number of halogens is 2. The molecule has 1 aromatic heterocycles. The molecule has 0 aliphatic carbocycles. The average molecular weight is 311 g/mol. The zero-order valence-corrected chi connectivity index (χ0v) is 12.4. The summed E-state index contributed by atoms with van der Waals surface area (Å²) in [5, 5.41) is 3.54. The average Bonchev–Trinajstić information content (AvgIpc) is 2.39. The third-order valence-electron chi connectivity index (χ3n) is 2.54. The van der Waals surface area contributed by atoms with Gasteiger partial charge in [-0.05, 0) is 12.1 Å². The van der Waals surface area contributed by atoms with Crippen LogP contribution in [0.15, 0.2) is 30.6 Å². The van der Waals surface area contributed by atoms with Crippen molar-refractivity contribution in [2.45, 2.75) is 0 Å². The predicted octanol–water partition coefficient (Wildman–Crippen LogP) is 3.10. The second-order valence-corrected chi connectivity index (χ2v) is 5.00. The molecule has 2 rings (SSSR count). The minimum absolute atomic E-state index is 0.180. The Hall–Kier alpha value is -1.85. The van der Waals surface area contributed by atoms with Gasteiger partial charge in [-0.25, -0.2) is 9.97 Å². The molecule has 0 unspecified atom stereocenters. The van der Waals surface area contributed by atoms with Crippen LogP contribution in [0.2, 0.25) is 10.2 Å². The second-order valence-electron chi connectivity index (χ2n) is 4.21. The standard InChI is InChI=1S/C13H12Cl2N4O/c1-19(2)12-8(14)4-3-5-9(12)18-13(20)10-6-17-11(15)7-16-10/h3-7H,1-2H3,(H,18,20). The van der Waals surface area contributed by atoms with Crippen molar-refractivity contribution in [1.82, 2.24) is 9.97 Å². The molecule has 0 aliphatic rings. The molecule has 0 saturated heterocycles. The van der Waals surface area contributed by atoms with Crippen molar-refractivity contribution in [1.29, 1.82) is 0 Å². The van der Waals surface area contributed by atoms with E-state index < -0.39 is 0 Å². The monoisotopic (exact) mass is 310 g/mol. The number of hydrogen-bond acceptors (Lipinski definition) is 4. The summed E-state index contributed by atoms with van der Waals surface area (Å²) >= 11 is 11.8. The highest BCUT2D eigenvalue weighted by Gasteiger charge is 2.14. The highest BCUT2D eigenvalue weighted by Crippen LogP contribution is 2.32. The molecular weight excluding hydrogens is 299 g/mol. The Kier molecular flexibility index (Phi) is 4.42. The maximum absolute atomic E-state index is 12.1. The first-order valence-electron chi connectivity index (χ1n) is 5.74. The predicted molar refractivity (Wildman–Crippen MR) is 80.8 cm³/mol. The Labute approximate surface area is 126 Å². The number of carbonyl (C=O) groups is 1. The van der Waals surface area contributed by atoms with Crippen molar-refractivity contribution in [2.75, 3.05) is 24.3 Å². The van der Waals surface area contributed by atoms with Gasteiger partial charge >= 0.3 is 0 Å². The Morgan fingerprint density at radius 2 is 1.95 bits per heavy atom. The molecule has 0 saturated carbocycles. The van der Waals surface area contributed by atoms with Gasteiger partial charge in [-0.3, -0.25) is 4.79 Å². The van der Waals surface area contributed by atoms with E-state index in [9.17, 15) is 4.79 Å². The van der Waals surface area contributed by atoms with Gasteiger partial charge in [0.25, 0.3) is 5.91 Å². The number of nitrogens with zero attached hydrogens (tertiary/aromatic N) is 3. The zero-order valence-electron chi connectivity index (χ0n) is 10.9. The molecule has 0 radical (unpaired) electrons. The summed E-state index contributed by atoms with van der Waals surface area (Å²) in [6, 6.07) is 5.29. The molecule has 0 aliphatic heterocycles. The molecule has 2 aromatic rings. The molecular formula is C13H12Cl2N4O. The van der Waals surface area contributed by atoms with Gasteiger partial charge in [-0.1, -0.05) is 29.3 Å². The number of amides is 1. The lowest BCUT2D eigenvalue weighted by Crippen LogP contribution is -2.18. The maximum Gasteiger partial charge on any atom is 0.275 e. The molecule has 20 heavy (non-hydrogen) atoms. The third kappa shape index (κ3) is 3.18. The van der Waals surface area contributed by atoms with E-state index >= 15 is 0 Å². The van der Waals surface area contributed by atoms with Gasteiger partial charge < -0.3 is 10.2 Å². The normalized spacial score (nSPS) is 10.2. The number of carbonyl (C=O) groups excluding carboxylic acids is 1. The quantitative estimate of drug-likeness (QED) is 0.946. The second kappa shape index (κ2) is 6.07. The van der Waals surface area contributed by atoms with E-state index in [4.69, 9.17) is 23.2 Å². The number of nitrogens with one attached hydrogen (secondary N) is 1. The molecule has 0 bridgehead atoms. The van der Waals surface area contributed by atoms with Gasteiger partial charge in [0.1, 0.15) is 10.8 Å². The van der Waals surface area contributed by atoms with Crippen molar-refractivity contribution < 1.29 is 4.79 Å². The highest BCUT2D eigenvalue weighted by atomic mass is 35.5. The van der Waals surface area contributed by atoms with Crippen LogP contribution in [0, 0.1) is 0 Å². The topological polar surface area (TPSA) is 58.1 Å². The van der Waals surface area contributed by atoms with Crippen molar-refractivity contribution in [2.24, 2.45) is 0 Å². The van der Waals surface area contributed by atoms with Crippen LogP contribution in [0.5, 0.6) is 0 Å². The number of anilines is 2. The molecule has 5 nitrogen and oxygen atoms in total. The number of para-hydroxylation sites is 1. The van der Waals surface area contributed by atoms with Gasteiger partial charge in [0.15, 0.2) is 0 Å². The molecule has 1 amide bonds. The van der Waals surface area contributed by atoms with Gasteiger partial charge in [-0.2, -0.15) is 0 Å². The lowest BCUT2D eigenvalue weighted by molar-refractivity contribution is 0.102. The molecule has 7 heteroatoms. The first-order valence-corrected chi connectivity index (χ1v) is 6.49. The van der Waals surface area contributed by atoms with Crippen LogP contribution in [-0.2, 0) is 0 Å². The molecule has 1 N–H and O–H groups in total. The number of benzene rings is 1. The van der Waals surface area contributed by atoms with Crippen LogP contribution < -0.4 is 10.2 Å². The molecule has 104 valence electrons. The summed E-state index contributed by atoms with van der Waals surface area (Å²) in [6.45, 7) is 0. The first-order chi connectivity index (χ1) is 9.49. The first kappa shape index (κ1) is 14.6. The lowest BCUT2D eigenvalue weighted by atomic mass is 10.2. The van der Waals surface area contributed by atoms with E-state index in [0.29, 0.717) is 10.7 Å². The fourth-order valence-electron chi connectivity index (χ4n) is 1.69. The number of hydrogen-bond donors (Lipinski definition) is 1. The Balaban J connectivity index is 2.28. The lowest BCUT2D eigenvalue weighted by Gasteiger charge is -2.19. The number of aromatic nitrogens is 2. The third-order valence-corrected chi connectivity index (χ3v) is 3.04. The van der Waals surface area contributed by atoms with Crippen LogP contribution in [0.4, 0.5) is 11.4 Å². The van der Waals surface area contributed by atoms with Crippen molar-refractivity contribution in [3.8, 4) is 0 Å². The van der Waals surface area contributed by atoms with Gasteiger partial charge in [0.2, 0.25) is 0 Å². The fourth-order valence-corrected chi connectivity index (χ4v) is 2.13. The van der Waals surface area contributed by atoms with Crippen LogP contribution in [0.3, 0.4) is 0 Å². The van der Waals surface area contributed by atoms with Gasteiger partial charge in [-0.15, -0.1) is 0 Å². The molecule has 0 spiro atoms. The molecule has 0 atom stereocenters. The van der Waals surface area contributed by atoms with Crippen molar-refractivity contribution in [3.63, 3.8) is 0 Å². The largest absolute Gasteiger partial charge is 0.375 e. The van der Waals surface area contributed by atoms with E-state index in [1.54, 1.807) is 18.2 Å². The molecule has 1 heterocycles. The molecule has 1 aromatic carbocycles. The fraction of sp³-hybridized carbons (Fsp3) is 0.154. The van der Waals surface area contributed by atoms with E-state index in [-0.39, 0.29) is 16.8 Å². The minimum Gasteiger partial charge on any atom is -0.375 e. The van der Waals surface area contributed by atoms with E-state index in [2.05, 4.69) is 15.3 Å². The smallest absolute Gasteiger partial charge is 0.275 e. The van der Waals surface area contributed by atoms with Crippen molar-refractivity contribution in [3.05, 3.63) is 46.5 Å². The van der Waals surface area contributed by atoms with Gasteiger partial charge in [0, 0.05) is 14.1 Å². The molecule has 0 fully saturated rings. The summed E-state index contributed by atoms with van der Waals surface area (Å²) in [4.78, 5) is 21.7. The summed E-state index contributed by atoms with van der Waals surface area (Å²) in [5.41, 5.74) is 1.51. The Morgan fingerprint density at radius 1 is 1.20 bits per heavy atom. The Morgan fingerprint density at radius 3 is 2.55 bits per heavy atom. The summed E-state index contributed by atoms with van der Waals surface area (Å²) in [5.74, 6) is -0.375. The summed E-state index contributed by atoms with van der Waals surface area (Å²) in [7, 11) is 3.69. The number of rotatable bonds is 3. The maximum atomic E-state index is 12.1. The van der Waals surface area contributed by atoms with Gasteiger partial charge in [0.05, 0.1) is 28.8 Å². The van der Waals surface area contributed by atoms with Crippen LogP contribution in [-0.4, -0.2) is 30.0 Å². The minimum atomic E-state index is -0.375. The highest BCUT2D eigenvalue weighted by molar-refractivity contribution is 6.34. The summed E-state index contributed by atoms with van der Waals surface area (Å²) < 4.78 is 0. The zero-order chi connectivity index (χ0) is 14.7. The van der Waals surface area contributed by atoms with E-state index in [1.807, 2.05) is 19.0 Å². The van der Waals surface area contributed by atoms with Crippen LogP contribution >= 0.6 is 23.2 Å².